The van der Waals surface area contributed by atoms with Gasteiger partial charge >= 0.3 is 0 Å². The Morgan fingerprint density at radius 1 is 1.24 bits per heavy atom. The number of thiol groups is 1. The third-order valence-electron chi connectivity index (χ3n) is 3.35. The fourth-order valence-electron chi connectivity index (χ4n) is 2.16. The Hall–Kier alpha value is -0.100. The summed E-state index contributed by atoms with van der Waals surface area (Å²) in [5, 5.41) is 1.25. The lowest BCUT2D eigenvalue weighted by atomic mass is 10.3. The van der Waals surface area contributed by atoms with Crippen molar-refractivity contribution in [2.45, 2.75) is 26.1 Å². The van der Waals surface area contributed by atoms with Crippen LogP contribution in [0, 0.1) is 6.92 Å². The number of aryl methyl sites for hydroxylation is 1. The summed E-state index contributed by atoms with van der Waals surface area (Å²) < 4.78 is 0. The molecule has 0 aliphatic carbocycles. The molecule has 1 aliphatic rings. The van der Waals surface area contributed by atoms with E-state index in [-0.39, 0.29) is 0 Å². The average molecular weight is 271 g/mol. The van der Waals surface area contributed by atoms with Gasteiger partial charge in [0.05, 0.1) is 12.2 Å². The molecule has 5 heteroatoms. The quantitative estimate of drug-likeness (QED) is 0.846. The maximum Gasteiger partial charge on any atom is 0.107 e. The Bertz CT molecular complexity index is 357. The summed E-state index contributed by atoms with van der Waals surface area (Å²) in [6, 6.07) is 0. The van der Waals surface area contributed by atoms with Gasteiger partial charge in [-0.25, -0.2) is 4.98 Å². The van der Waals surface area contributed by atoms with Crippen LogP contribution < -0.4 is 0 Å². The number of nitrogens with zero attached hydrogens (tertiary/aromatic N) is 3. The molecule has 0 unspecified atom stereocenters. The first kappa shape index (κ1) is 13.3. The van der Waals surface area contributed by atoms with Gasteiger partial charge in [0.15, 0.2) is 0 Å². The van der Waals surface area contributed by atoms with Crippen LogP contribution in [-0.2, 0) is 12.3 Å². The Morgan fingerprint density at radius 3 is 2.41 bits per heavy atom. The molecule has 0 radical (unpaired) electrons. The van der Waals surface area contributed by atoms with Crippen molar-refractivity contribution in [3.8, 4) is 0 Å². The van der Waals surface area contributed by atoms with Crippen molar-refractivity contribution >= 4 is 24.0 Å². The van der Waals surface area contributed by atoms with Crippen LogP contribution in [0.2, 0.25) is 0 Å². The van der Waals surface area contributed by atoms with Gasteiger partial charge in [-0.15, -0.1) is 11.3 Å². The zero-order valence-electron chi connectivity index (χ0n) is 10.6. The van der Waals surface area contributed by atoms with Crippen LogP contribution >= 0.6 is 24.0 Å². The predicted octanol–water partition coefficient (Wildman–Crippen LogP) is 2.02. The predicted molar refractivity (Wildman–Crippen MR) is 76.9 cm³/mol. The molecule has 1 saturated heterocycles. The first-order valence-electron chi connectivity index (χ1n) is 6.23. The van der Waals surface area contributed by atoms with Crippen LogP contribution in [0.25, 0.3) is 0 Å². The second kappa shape index (κ2) is 6.18. The van der Waals surface area contributed by atoms with E-state index in [0.717, 1.165) is 18.0 Å². The molecule has 3 nitrogen and oxygen atoms in total. The highest BCUT2D eigenvalue weighted by Crippen LogP contribution is 2.21. The number of rotatable bonds is 4. The van der Waals surface area contributed by atoms with E-state index in [0.29, 0.717) is 0 Å². The number of piperazine rings is 1. The molecular formula is C12H21N3S2. The van der Waals surface area contributed by atoms with Crippen LogP contribution in [0.4, 0.5) is 0 Å². The molecule has 1 aliphatic heterocycles. The monoisotopic (exact) mass is 271 g/mol. The van der Waals surface area contributed by atoms with E-state index in [1.807, 2.05) is 11.3 Å². The SMILES string of the molecule is CCN1CCN(Cc2nc(C)c(CS)s2)CC1. The van der Waals surface area contributed by atoms with E-state index in [1.54, 1.807) is 0 Å². The first-order valence-corrected chi connectivity index (χ1v) is 7.68. The smallest absolute Gasteiger partial charge is 0.107 e. The number of likely N-dealkylation sites (N-methyl/N-ethyl adjacent to an activating group) is 1. The second-order valence-corrected chi connectivity index (χ2v) is 5.97. The Labute approximate surface area is 113 Å². The van der Waals surface area contributed by atoms with Crippen molar-refractivity contribution in [2.75, 3.05) is 32.7 Å². The third kappa shape index (κ3) is 3.44. The highest BCUT2D eigenvalue weighted by atomic mass is 32.1. The first-order chi connectivity index (χ1) is 8.22. The van der Waals surface area contributed by atoms with Gasteiger partial charge in [0.1, 0.15) is 5.01 Å². The summed E-state index contributed by atoms with van der Waals surface area (Å²) in [4.78, 5) is 11.0. The normalized spacial score (nSPS) is 18.8. The molecule has 0 saturated carbocycles. The lowest BCUT2D eigenvalue weighted by Gasteiger charge is -2.33. The number of aromatic nitrogens is 1. The van der Waals surface area contributed by atoms with Crippen molar-refractivity contribution in [3.05, 3.63) is 15.6 Å². The second-order valence-electron chi connectivity index (χ2n) is 4.48. The van der Waals surface area contributed by atoms with Crippen molar-refractivity contribution in [1.82, 2.24) is 14.8 Å². The van der Waals surface area contributed by atoms with Gasteiger partial charge in [-0.3, -0.25) is 4.90 Å². The lowest BCUT2D eigenvalue weighted by molar-refractivity contribution is 0.132. The largest absolute Gasteiger partial charge is 0.301 e. The van der Waals surface area contributed by atoms with Crippen LogP contribution in [0.5, 0.6) is 0 Å². The van der Waals surface area contributed by atoms with Gasteiger partial charge in [-0.05, 0) is 13.5 Å². The molecule has 17 heavy (non-hydrogen) atoms. The van der Waals surface area contributed by atoms with Gasteiger partial charge < -0.3 is 4.90 Å². The van der Waals surface area contributed by atoms with Crippen LogP contribution in [-0.4, -0.2) is 47.5 Å². The Kier molecular flexibility index (Phi) is 4.85. The van der Waals surface area contributed by atoms with Gasteiger partial charge in [0.25, 0.3) is 0 Å². The molecule has 0 spiro atoms. The summed E-state index contributed by atoms with van der Waals surface area (Å²) in [6.07, 6.45) is 0. The molecule has 0 atom stereocenters. The zero-order valence-corrected chi connectivity index (χ0v) is 12.4. The maximum absolute atomic E-state index is 4.63. The van der Waals surface area contributed by atoms with Crippen molar-refractivity contribution in [3.63, 3.8) is 0 Å². The van der Waals surface area contributed by atoms with Crippen molar-refractivity contribution in [1.29, 1.82) is 0 Å². The Balaban J connectivity index is 1.88. The lowest BCUT2D eigenvalue weighted by Crippen LogP contribution is -2.45. The van der Waals surface area contributed by atoms with E-state index in [2.05, 4.69) is 41.3 Å². The zero-order chi connectivity index (χ0) is 12.3. The highest BCUT2D eigenvalue weighted by molar-refractivity contribution is 7.79. The molecule has 1 fully saturated rings. The van der Waals surface area contributed by atoms with Crippen LogP contribution in [0.1, 0.15) is 22.5 Å². The molecule has 2 rings (SSSR count). The molecule has 2 heterocycles. The molecule has 0 N–H and O–H groups in total. The maximum atomic E-state index is 4.63. The summed E-state index contributed by atoms with van der Waals surface area (Å²) >= 11 is 6.15. The summed E-state index contributed by atoms with van der Waals surface area (Å²) in [7, 11) is 0. The van der Waals surface area contributed by atoms with Gasteiger partial charge in [-0.2, -0.15) is 12.6 Å². The van der Waals surface area contributed by atoms with E-state index < -0.39 is 0 Å². The summed E-state index contributed by atoms with van der Waals surface area (Å²) in [5.74, 6) is 0.813. The van der Waals surface area contributed by atoms with Gasteiger partial charge in [0.2, 0.25) is 0 Å². The number of hydrogen-bond donors (Lipinski definition) is 1. The van der Waals surface area contributed by atoms with E-state index in [1.165, 1.54) is 42.6 Å². The fourth-order valence-corrected chi connectivity index (χ4v) is 3.55. The minimum atomic E-state index is 0.813. The number of thiazole rings is 1. The molecule has 0 aromatic carbocycles. The molecule has 1 aromatic heterocycles. The molecule has 96 valence electrons. The molecule has 0 amide bonds. The van der Waals surface area contributed by atoms with Crippen molar-refractivity contribution < 1.29 is 0 Å². The minimum absolute atomic E-state index is 0.813. The summed E-state index contributed by atoms with van der Waals surface area (Å²) in [6.45, 7) is 11.2. The summed E-state index contributed by atoms with van der Waals surface area (Å²) in [5.41, 5.74) is 1.16. The molecule has 0 bridgehead atoms. The van der Waals surface area contributed by atoms with Crippen LogP contribution in [0.3, 0.4) is 0 Å². The third-order valence-corrected chi connectivity index (χ3v) is 5.02. The van der Waals surface area contributed by atoms with Gasteiger partial charge in [-0.1, -0.05) is 6.92 Å². The molecular weight excluding hydrogens is 250 g/mol. The minimum Gasteiger partial charge on any atom is -0.301 e. The fraction of sp³-hybridized carbons (Fsp3) is 0.750. The highest BCUT2D eigenvalue weighted by Gasteiger charge is 2.17. The standard InChI is InChI=1S/C12H21N3S2/c1-3-14-4-6-15(7-5-14)8-12-13-10(2)11(9-16)17-12/h16H,3-9H2,1-2H3. The molecule has 1 aromatic rings. The van der Waals surface area contributed by atoms with E-state index in [4.69, 9.17) is 0 Å². The van der Waals surface area contributed by atoms with E-state index in [9.17, 15) is 0 Å². The number of hydrogen-bond acceptors (Lipinski definition) is 5. The van der Waals surface area contributed by atoms with E-state index >= 15 is 0 Å². The van der Waals surface area contributed by atoms with Crippen molar-refractivity contribution in [2.24, 2.45) is 0 Å². The van der Waals surface area contributed by atoms with Crippen LogP contribution in [0.15, 0.2) is 0 Å². The van der Waals surface area contributed by atoms with Gasteiger partial charge in [0, 0.05) is 36.8 Å². The average Bonchev–Trinajstić information content (AvgIpc) is 2.70. The Morgan fingerprint density at radius 2 is 1.88 bits per heavy atom. The topological polar surface area (TPSA) is 19.4 Å².